The lowest BCUT2D eigenvalue weighted by Gasteiger charge is -2.27. The second kappa shape index (κ2) is 8.94. The van der Waals surface area contributed by atoms with Crippen molar-refractivity contribution in [2.75, 3.05) is 39.3 Å². The first-order valence-corrected chi connectivity index (χ1v) is 8.60. The number of nitrogens with one attached hydrogen (secondary N) is 2. The van der Waals surface area contributed by atoms with E-state index in [4.69, 9.17) is 27.9 Å². The fourth-order valence-corrected chi connectivity index (χ4v) is 3.09. The summed E-state index contributed by atoms with van der Waals surface area (Å²) >= 11 is 12.5. The van der Waals surface area contributed by atoms with E-state index in [0.29, 0.717) is 15.8 Å². The molecule has 1 fully saturated rings. The Morgan fingerprint density at radius 1 is 1.23 bits per heavy atom. The van der Waals surface area contributed by atoms with Gasteiger partial charge in [-0.05, 0) is 31.5 Å². The van der Waals surface area contributed by atoms with E-state index in [9.17, 15) is 0 Å². The molecule has 1 aromatic carbocycles. The van der Waals surface area contributed by atoms with E-state index in [1.165, 1.54) is 0 Å². The number of rotatable bonds is 7. The molecule has 2 N–H and O–H groups in total. The molecule has 1 saturated heterocycles. The molecule has 1 aliphatic rings. The topological polar surface area (TPSA) is 36.5 Å². The SMILES string of the molecule is CC(C)Oc1c(Cl)cc(CNCCN2CCNCC2)cc1Cl. The summed E-state index contributed by atoms with van der Waals surface area (Å²) in [5, 5.41) is 7.94. The average molecular weight is 346 g/mol. The molecule has 1 aliphatic heterocycles. The molecule has 4 nitrogen and oxygen atoms in total. The molecule has 0 unspecified atom stereocenters. The van der Waals surface area contributed by atoms with E-state index < -0.39 is 0 Å². The highest BCUT2D eigenvalue weighted by atomic mass is 35.5. The van der Waals surface area contributed by atoms with Crippen molar-refractivity contribution in [2.24, 2.45) is 0 Å². The van der Waals surface area contributed by atoms with Gasteiger partial charge in [0, 0.05) is 45.8 Å². The van der Waals surface area contributed by atoms with Crippen molar-refractivity contribution in [2.45, 2.75) is 26.5 Å². The first-order valence-electron chi connectivity index (χ1n) is 7.84. The molecule has 0 aromatic heterocycles. The first-order chi connectivity index (χ1) is 10.6. The highest BCUT2D eigenvalue weighted by Crippen LogP contribution is 2.34. The maximum atomic E-state index is 6.26. The van der Waals surface area contributed by atoms with Crippen LogP contribution < -0.4 is 15.4 Å². The Balaban J connectivity index is 1.80. The van der Waals surface area contributed by atoms with Crippen molar-refractivity contribution in [3.8, 4) is 5.75 Å². The zero-order valence-corrected chi connectivity index (χ0v) is 14.8. The van der Waals surface area contributed by atoms with Crippen LogP contribution in [-0.2, 0) is 6.54 Å². The summed E-state index contributed by atoms with van der Waals surface area (Å²) in [7, 11) is 0. The van der Waals surface area contributed by atoms with Crippen LogP contribution in [0, 0.1) is 0 Å². The van der Waals surface area contributed by atoms with Crippen molar-refractivity contribution in [3.05, 3.63) is 27.7 Å². The molecule has 1 aromatic rings. The number of halogens is 2. The molecule has 1 heterocycles. The largest absolute Gasteiger partial charge is 0.488 e. The number of benzene rings is 1. The van der Waals surface area contributed by atoms with Crippen LogP contribution in [0.5, 0.6) is 5.75 Å². The van der Waals surface area contributed by atoms with E-state index in [2.05, 4.69) is 15.5 Å². The van der Waals surface area contributed by atoms with E-state index in [1.54, 1.807) is 0 Å². The maximum Gasteiger partial charge on any atom is 0.156 e. The molecule has 22 heavy (non-hydrogen) atoms. The zero-order valence-electron chi connectivity index (χ0n) is 13.3. The van der Waals surface area contributed by atoms with Gasteiger partial charge in [-0.2, -0.15) is 0 Å². The van der Waals surface area contributed by atoms with Crippen LogP contribution in [0.25, 0.3) is 0 Å². The van der Waals surface area contributed by atoms with Crippen LogP contribution in [0.4, 0.5) is 0 Å². The van der Waals surface area contributed by atoms with Crippen molar-refractivity contribution in [3.63, 3.8) is 0 Å². The summed E-state index contributed by atoms with van der Waals surface area (Å²) in [5.41, 5.74) is 1.08. The standard InChI is InChI=1S/C16H25Cl2N3O/c1-12(2)22-16-14(17)9-13(10-15(16)18)11-20-5-8-21-6-3-19-4-7-21/h9-10,12,19-20H,3-8,11H2,1-2H3. The minimum Gasteiger partial charge on any atom is -0.488 e. The van der Waals surface area contributed by atoms with Crippen LogP contribution in [0.15, 0.2) is 12.1 Å². The van der Waals surface area contributed by atoms with Gasteiger partial charge >= 0.3 is 0 Å². The quantitative estimate of drug-likeness (QED) is 0.745. The number of nitrogens with zero attached hydrogens (tertiary/aromatic N) is 1. The summed E-state index contributed by atoms with van der Waals surface area (Å²) in [6.07, 6.45) is 0.0537. The second-order valence-electron chi connectivity index (χ2n) is 5.82. The van der Waals surface area contributed by atoms with Gasteiger partial charge in [-0.3, -0.25) is 4.90 Å². The predicted molar refractivity (Wildman–Crippen MR) is 93.2 cm³/mol. The third kappa shape index (κ3) is 5.60. The van der Waals surface area contributed by atoms with Gasteiger partial charge in [0.2, 0.25) is 0 Å². The maximum absolute atomic E-state index is 6.26. The summed E-state index contributed by atoms with van der Waals surface area (Å²) in [4.78, 5) is 2.46. The molecule has 0 aliphatic carbocycles. The molecule has 0 spiro atoms. The molecule has 6 heteroatoms. The molecular formula is C16H25Cl2N3O. The lowest BCUT2D eigenvalue weighted by molar-refractivity contribution is 0.241. The summed E-state index contributed by atoms with van der Waals surface area (Å²) in [5.74, 6) is 0.572. The van der Waals surface area contributed by atoms with E-state index in [1.807, 2.05) is 26.0 Å². The average Bonchev–Trinajstić information content (AvgIpc) is 2.48. The smallest absolute Gasteiger partial charge is 0.156 e. The molecule has 0 saturated carbocycles. The van der Waals surface area contributed by atoms with Crippen LogP contribution in [0.1, 0.15) is 19.4 Å². The Labute approximate surface area is 143 Å². The second-order valence-corrected chi connectivity index (χ2v) is 6.64. The highest BCUT2D eigenvalue weighted by molar-refractivity contribution is 6.37. The van der Waals surface area contributed by atoms with Gasteiger partial charge in [0.1, 0.15) is 0 Å². The van der Waals surface area contributed by atoms with Crippen LogP contribution >= 0.6 is 23.2 Å². The number of hydrogen-bond acceptors (Lipinski definition) is 4. The van der Waals surface area contributed by atoms with Crippen molar-refractivity contribution in [1.82, 2.24) is 15.5 Å². The van der Waals surface area contributed by atoms with Crippen LogP contribution in [0.2, 0.25) is 10.0 Å². The summed E-state index contributed by atoms with van der Waals surface area (Å²) < 4.78 is 5.64. The van der Waals surface area contributed by atoms with E-state index in [0.717, 1.165) is 51.4 Å². The predicted octanol–water partition coefficient (Wildman–Crippen LogP) is 2.78. The minimum atomic E-state index is 0.0537. The normalized spacial score (nSPS) is 16.2. The fourth-order valence-electron chi connectivity index (χ4n) is 2.47. The van der Waals surface area contributed by atoms with Gasteiger partial charge in [-0.25, -0.2) is 0 Å². The third-order valence-electron chi connectivity index (χ3n) is 3.56. The Morgan fingerprint density at radius 3 is 2.45 bits per heavy atom. The van der Waals surface area contributed by atoms with E-state index >= 15 is 0 Å². The van der Waals surface area contributed by atoms with Gasteiger partial charge < -0.3 is 15.4 Å². The Bertz CT molecular complexity index is 453. The van der Waals surface area contributed by atoms with Crippen molar-refractivity contribution < 1.29 is 4.74 Å². The lowest BCUT2D eigenvalue weighted by atomic mass is 10.2. The number of piperazine rings is 1. The molecule has 0 bridgehead atoms. The van der Waals surface area contributed by atoms with Crippen LogP contribution in [0.3, 0.4) is 0 Å². The Kier molecular flexibility index (Phi) is 7.25. The Hall–Kier alpha value is -0.520. The molecule has 124 valence electrons. The number of ether oxygens (including phenoxy) is 1. The zero-order chi connectivity index (χ0) is 15.9. The van der Waals surface area contributed by atoms with Crippen molar-refractivity contribution in [1.29, 1.82) is 0 Å². The minimum absolute atomic E-state index is 0.0537. The third-order valence-corrected chi connectivity index (χ3v) is 4.12. The monoisotopic (exact) mass is 345 g/mol. The summed E-state index contributed by atoms with van der Waals surface area (Å²) in [6, 6.07) is 3.84. The summed E-state index contributed by atoms with van der Waals surface area (Å²) in [6.45, 7) is 11.1. The molecule has 0 radical (unpaired) electrons. The van der Waals surface area contributed by atoms with Gasteiger partial charge in [0.25, 0.3) is 0 Å². The fraction of sp³-hybridized carbons (Fsp3) is 0.625. The lowest BCUT2D eigenvalue weighted by Crippen LogP contribution is -2.45. The van der Waals surface area contributed by atoms with Gasteiger partial charge in [0.15, 0.2) is 5.75 Å². The highest BCUT2D eigenvalue weighted by Gasteiger charge is 2.12. The van der Waals surface area contributed by atoms with Crippen LogP contribution in [-0.4, -0.2) is 50.3 Å². The Morgan fingerprint density at radius 2 is 1.86 bits per heavy atom. The molecule has 0 atom stereocenters. The molecular weight excluding hydrogens is 321 g/mol. The van der Waals surface area contributed by atoms with E-state index in [-0.39, 0.29) is 6.10 Å². The van der Waals surface area contributed by atoms with Gasteiger partial charge in [-0.1, -0.05) is 23.2 Å². The van der Waals surface area contributed by atoms with Crippen molar-refractivity contribution >= 4 is 23.2 Å². The first kappa shape index (κ1) is 17.8. The molecule has 0 amide bonds. The van der Waals surface area contributed by atoms with Gasteiger partial charge in [0.05, 0.1) is 16.1 Å². The number of hydrogen-bond donors (Lipinski definition) is 2. The molecule has 2 rings (SSSR count). The van der Waals surface area contributed by atoms with Gasteiger partial charge in [-0.15, -0.1) is 0 Å².